The molecule has 0 heterocycles. The van der Waals surface area contributed by atoms with Crippen LogP contribution < -0.4 is 23.9 Å². The molecule has 0 aromatic heterocycles. The lowest BCUT2D eigenvalue weighted by Gasteiger charge is -2.19. The van der Waals surface area contributed by atoms with Crippen LogP contribution in [0.4, 0.5) is 5.69 Å². The van der Waals surface area contributed by atoms with E-state index in [0.717, 1.165) is 5.56 Å². The summed E-state index contributed by atoms with van der Waals surface area (Å²) in [6, 6.07) is 16.2. The predicted molar refractivity (Wildman–Crippen MR) is 134 cm³/mol. The Morgan fingerprint density at radius 1 is 0.914 bits per heavy atom. The molecule has 9 nitrogen and oxygen atoms in total. The maximum absolute atomic E-state index is 12.9. The van der Waals surface area contributed by atoms with Gasteiger partial charge in [-0.1, -0.05) is 17.7 Å². The number of aryl methyl sites for hydroxylation is 1. The highest BCUT2D eigenvalue weighted by Gasteiger charge is 2.21. The largest absolute Gasteiger partial charge is 0.493 e. The standard InChI is InChI=1S/C25H27N3O6S/c1-17-6-12-21(13-7-17)35(30,31)28(2)20-10-8-19(9-11-20)25(29)27-26-16-18-14-22(32-3)24(34-5)23(15-18)33-4/h6-16H,1-5H3,(H,27,29)/b26-16-. The van der Waals surface area contributed by atoms with Gasteiger partial charge in [0.15, 0.2) is 11.5 Å². The molecular weight excluding hydrogens is 470 g/mol. The van der Waals surface area contributed by atoms with Gasteiger partial charge in [-0.15, -0.1) is 0 Å². The lowest BCUT2D eigenvalue weighted by molar-refractivity contribution is 0.0955. The summed E-state index contributed by atoms with van der Waals surface area (Å²) in [5.74, 6) is 0.912. The Morgan fingerprint density at radius 3 is 2.00 bits per heavy atom. The second-order valence-corrected chi connectivity index (χ2v) is 9.46. The summed E-state index contributed by atoms with van der Waals surface area (Å²) in [5, 5.41) is 3.98. The third-order valence-corrected chi connectivity index (χ3v) is 7.04. The highest BCUT2D eigenvalue weighted by Crippen LogP contribution is 2.37. The number of methoxy groups -OCH3 is 3. The molecule has 0 fully saturated rings. The van der Waals surface area contributed by atoms with Crippen molar-refractivity contribution in [2.75, 3.05) is 32.7 Å². The van der Waals surface area contributed by atoms with E-state index in [4.69, 9.17) is 14.2 Å². The van der Waals surface area contributed by atoms with Crippen molar-refractivity contribution in [1.82, 2.24) is 5.43 Å². The van der Waals surface area contributed by atoms with Gasteiger partial charge in [0.25, 0.3) is 15.9 Å². The second-order valence-electron chi connectivity index (χ2n) is 7.49. The summed E-state index contributed by atoms with van der Waals surface area (Å²) in [4.78, 5) is 12.7. The number of hydrazone groups is 1. The van der Waals surface area contributed by atoms with E-state index in [0.29, 0.717) is 34.1 Å². The molecule has 0 atom stereocenters. The minimum atomic E-state index is -3.72. The highest BCUT2D eigenvalue weighted by atomic mass is 32.2. The van der Waals surface area contributed by atoms with Crippen LogP contribution >= 0.6 is 0 Å². The van der Waals surface area contributed by atoms with Gasteiger partial charge >= 0.3 is 0 Å². The van der Waals surface area contributed by atoms with E-state index in [2.05, 4.69) is 10.5 Å². The average Bonchev–Trinajstić information content (AvgIpc) is 2.87. The number of hydrogen-bond acceptors (Lipinski definition) is 7. The van der Waals surface area contributed by atoms with E-state index >= 15 is 0 Å². The van der Waals surface area contributed by atoms with Gasteiger partial charge in [0.05, 0.1) is 38.1 Å². The van der Waals surface area contributed by atoms with E-state index in [1.165, 1.54) is 51.0 Å². The Labute approximate surface area is 205 Å². The molecule has 3 rings (SSSR count). The number of ether oxygens (including phenoxy) is 3. The van der Waals surface area contributed by atoms with Gasteiger partial charge in [0.2, 0.25) is 5.75 Å². The van der Waals surface area contributed by atoms with Crippen LogP contribution in [0.25, 0.3) is 0 Å². The summed E-state index contributed by atoms with van der Waals surface area (Å²) in [6.07, 6.45) is 1.44. The summed E-state index contributed by atoms with van der Waals surface area (Å²) >= 11 is 0. The maximum atomic E-state index is 12.9. The van der Waals surface area contributed by atoms with Crippen LogP contribution in [-0.2, 0) is 10.0 Å². The number of carbonyl (C=O) groups is 1. The molecule has 184 valence electrons. The average molecular weight is 498 g/mol. The van der Waals surface area contributed by atoms with Gasteiger partial charge in [0.1, 0.15) is 0 Å². The van der Waals surface area contributed by atoms with Crippen LogP contribution in [0, 0.1) is 6.92 Å². The molecule has 10 heteroatoms. The Hall–Kier alpha value is -4.05. The summed E-state index contributed by atoms with van der Waals surface area (Å²) in [7, 11) is 2.26. The van der Waals surface area contributed by atoms with E-state index < -0.39 is 15.9 Å². The molecule has 0 aliphatic heterocycles. The number of benzene rings is 3. The minimum absolute atomic E-state index is 0.188. The molecule has 0 saturated carbocycles. The van der Waals surface area contributed by atoms with Crippen molar-refractivity contribution in [1.29, 1.82) is 0 Å². The van der Waals surface area contributed by atoms with Gasteiger partial charge in [-0.25, -0.2) is 13.8 Å². The fraction of sp³-hybridized carbons (Fsp3) is 0.200. The Bertz CT molecular complexity index is 1300. The van der Waals surface area contributed by atoms with Crippen molar-refractivity contribution in [3.63, 3.8) is 0 Å². The van der Waals surface area contributed by atoms with Crippen molar-refractivity contribution < 1.29 is 27.4 Å². The summed E-state index contributed by atoms with van der Waals surface area (Å²) < 4.78 is 42.8. The number of nitrogens with zero attached hydrogens (tertiary/aromatic N) is 2. The molecule has 0 unspecified atom stereocenters. The molecular formula is C25H27N3O6S. The molecule has 0 radical (unpaired) electrons. The Kier molecular flexibility index (Phi) is 7.98. The molecule has 3 aromatic carbocycles. The number of amides is 1. The Balaban J connectivity index is 1.71. The van der Waals surface area contributed by atoms with Crippen molar-refractivity contribution >= 4 is 27.8 Å². The molecule has 35 heavy (non-hydrogen) atoms. The van der Waals surface area contributed by atoms with E-state index in [9.17, 15) is 13.2 Å². The van der Waals surface area contributed by atoms with E-state index in [-0.39, 0.29) is 4.90 Å². The smallest absolute Gasteiger partial charge is 0.271 e. The lowest BCUT2D eigenvalue weighted by atomic mass is 10.2. The predicted octanol–water partition coefficient (Wildman–Crippen LogP) is 3.61. The van der Waals surface area contributed by atoms with Gasteiger partial charge in [-0.2, -0.15) is 5.10 Å². The van der Waals surface area contributed by atoms with Crippen LogP contribution in [0.1, 0.15) is 21.5 Å². The maximum Gasteiger partial charge on any atom is 0.271 e. The number of sulfonamides is 1. The molecule has 0 spiro atoms. The number of anilines is 1. The summed E-state index contributed by atoms with van der Waals surface area (Å²) in [5.41, 5.74) is 4.77. The SMILES string of the molecule is COc1cc(/C=N\NC(=O)c2ccc(N(C)S(=O)(=O)c3ccc(C)cc3)cc2)cc(OC)c1OC. The van der Waals surface area contributed by atoms with Crippen molar-refractivity contribution in [2.45, 2.75) is 11.8 Å². The van der Waals surface area contributed by atoms with Gasteiger partial charge in [-0.05, 0) is 55.5 Å². The highest BCUT2D eigenvalue weighted by molar-refractivity contribution is 7.92. The zero-order valence-corrected chi connectivity index (χ0v) is 20.9. The van der Waals surface area contributed by atoms with Crippen molar-refractivity contribution in [3.8, 4) is 17.2 Å². The number of carbonyl (C=O) groups excluding carboxylic acids is 1. The van der Waals surface area contributed by atoms with Crippen LogP contribution in [0.2, 0.25) is 0 Å². The Morgan fingerprint density at radius 2 is 1.49 bits per heavy atom. The van der Waals surface area contributed by atoms with Gasteiger partial charge in [-0.3, -0.25) is 9.10 Å². The number of rotatable bonds is 9. The third-order valence-electron chi connectivity index (χ3n) is 5.24. The fourth-order valence-corrected chi connectivity index (χ4v) is 4.43. The normalized spacial score (nSPS) is 11.2. The van der Waals surface area contributed by atoms with E-state index in [1.807, 2.05) is 6.92 Å². The quantitative estimate of drug-likeness (QED) is 0.358. The van der Waals surface area contributed by atoms with Crippen LogP contribution in [0.3, 0.4) is 0 Å². The molecule has 3 aromatic rings. The van der Waals surface area contributed by atoms with E-state index in [1.54, 1.807) is 48.5 Å². The van der Waals surface area contributed by atoms with Crippen LogP contribution in [0.5, 0.6) is 17.2 Å². The van der Waals surface area contributed by atoms with Gasteiger partial charge < -0.3 is 14.2 Å². The number of hydrogen-bond donors (Lipinski definition) is 1. The molecule has 0 aliphatic rings. The third kappa shape index (κ3) is 5.72. The molecule has 0 aliphatic carbocycles. The molecule has 1 amide bonds. The minimum Gasteiger partial charge on any atom is -0.493 e. The van der Waals surface area contributed by atoms with Crippen LogP contribution in [-0.4, -0.2) is 48.9 Å². The van der Waals surface area contributed by atoms with Crippen LogP contribution in [0.15, 0.2) is 70.7 Å². The van der Waals surface area contributed by atoms with Crippen molar-refractivity contribution in [3.05, 3.63) is 77.4 Å². The first-order chi connectivity index (χ1) is 16.7. The topological polar surface area (TPSA) is 107 Å². The van der Waals surface area contributed by atoms with Crippen molar-refractivity contribution in [2.24, 2.45) is 5.10 Å². The lowest BCUT2D eigenvalue weighted by Crippen LogP contribution is -2.26. The van der Waals surface area contributed by atoms with Gasteiger partial charge in [0, 0.05) is 18.2 Å². The second kappa shape index (κ2) is 10.9. The molecule has 0 bridgehead atoms. The zero-order chi connectivity index (χ0) is 25.6. The first kappa shape index (κ1) is 25.6. The fourth-order valence-electron chi connectivity index (χ4n) is 3.24. The monoisotopic (exact) mass is 497 g/mol. The first-order valence-corrected chi connectivity index (χ1v) is 11.9. The molecule has 0 saturated heterocycles. The first-order valence-electron chi connectivity index (χ1n) is 10.5. The number of nitrogens with one attached hydrogen (secondary N) is 1. The summed E-state index contributed by atoms with van der Waals surface area (Å²) in [6.45, 7) is 1.89. The molecule has 1 N–H and O–H groups in total. The zero-order valence-electron chi connectivity index (χ0n) is 20.1.